The zero-order valence-electron chi connectivity index (χ0n) is 14.1. The third kappa shape index (κ3) is 4.27. The molecule has 1 unspecified atom stereocenters. The van der Waals surface area contributed by atoms with Crippen LogP contribution in [-0.2, 0) is 22.4 Å². The fraction of sp³-hybridized carbons (Fsp3) is 0.316. The number of ether oxygens (including phenoxy) is 1. The lowest BCUT2D eigenvalue weighted by Gasteiger charge is -2.26. The molecule has 1 aliphatic rings. The summed E-state index contributed by atoms with van der Waals surface area (Å²) in [6.07, 6.45) is 0.821. The maximum atomic E-state index is 12.1. The summed E-state index contributed by atoms with van der Waals surface area (Å²) in [5, 5.41) is -0.259. The van der Waals surface area contributed by atoms with Crippen LogP contribution in [0.25, 0.3) is 0 Å². The Morgan fingerprint density at radius 3 is 2.56 bits per heavy atom. The van der Waals surface area contributed by atoms with Crippen molar-refractivity contribution < 1.29 is 14.3 Å². The van der Waals surface area contributed by atoms with E-state index in [1.807, 2.05) is 48.5 Å². The van der Waals surface area contributed by atoms with E-state index in [1.54, 1.807) is 0 Å². The second-order valence-corrected chi connectivity index (χ2v) is 6.60. The number of benzene rings is 1. The first-order chi connectivity index (χ1) is 12.2. The van der Waals surface area contributed by atoms with Gasteiger partial charge in [0.05, 0.1) is 12.4 Å². The first-order valence-electron chi connectivity index (χ1n) is 8.29. The van der Waals surface area contributed by atoms with Crippen LogP contribution >= 0.6 is 11.8 Å². The summed E-state index contributed by atoms with van der Waals surface area (Å²) >= 11 is 1.02. The minimum absolute atomic E-state index is 0.172. The van der Waals surface area contributed by atoms with Gasteiger partial charge in [-0.05, 0) is 18.6 Å². The Balaban J connectivity index is 1.72. The number of hydrogen-bond acceptors (Lipinski definition) is 5. The molecule has 1 atom stereocenters. The van der Waals surface area contributed by atoms with Gasteiger partial charge < -0.3 is 4.74 Å². The van der Waals surface area contributed by atoms with Gasteiger partial charge in [-0.3, -0.25) is 14.6 Å². The van der Waals surface area contributed by atoms with Crippen LogP contribution < -0.4 is 0 Å². The summed E-state index contributed by atoms with van der Waals surface area (Å²) in [7, 11) is 0. The number of carbonyl (C=O) groups excluding carboxylic acids is 2. The van der Waals surface area contributed by atoms with Crippen molar-refractivity contribution in [2.45, 2.75) is 26.0 Å². The molecular formula is C19H20N2O3S. The molecule has 0 aliphatic carbocycles. The predicted molar refractivity (Wildman–Crippen MR) is 97.2 cm³/mol. The normalized spacial score (nSPS) is 15.6. The molecule has 130 valence electrons. The number of imide groups is 1. The molecule has 0 radical (unpaired) electrons. The summed E-state index contributed by atoms with van der Waals surface area (Å²) in [6, 6.07) is 15.3. The van der Waals surface area contributed by atoms with Crippen molar-refractivity contribution >= 4 is 22.9 Å². The van der Waals surface area contributed by atoms with Gasteiger partial charge in [-0.2, -0.15) is 0 Å². The second-order valence-electron chi connectivity index (χ2n) is 5.68. The fourth-order valence-electron chi connectivity index (χ4n) is 2.67. The SMILES string of the molecule is CCc1cccc(CCOC(c2ccccc2)N2C(=O)CSC2=O)n1. The van der Waals surface area contributed by atoms with Crippen LogP contribution in [0.2, 0.25) is 0 Å². The molecular weight excluding hydrogens is 336 g/mol. The molecule has 1 aromatic heterocycles. The van der Waals surface area contributed by atoms with Crippen LogP contribution in [0.4, 0.5) is 4.79 Å². The molecule has 0 N–H and O–H groups in total. The van der Waals surface area contributed by atoms with E-state index < -0.39 is 6.23 Å². The fourth-order valence-corrected chi connectivity index (χ4v) is 3.39. The van der Waals surface area contributed by atoms with Crippen molar-refractivity contribution in [2.24, 2.45) is 0 Å². The van der Waals surface area contributed by atoms with E-state index in [0.29, 0.717) is 13.0 Å². The van der Waals surface area contributed by atoms with E-state index in [4.69, 9.17) is 4.74 Å². The maximum absolute atomic E-state index is 12.1. The van der Waals surface area contributed by atoms with Crippen molar-refractivity contribution in [1.82, 2.24) is 9.88 Å². The maximum Gasteiger partial charge on any atom is 0.291 e. The van der Waals surface area contributed by atoms with Crippen LogP contribution in [-0.4, -0.2) is 33.4 Å². The van der Waals surface area contributed by atoms with Crippen molar-refractivity contribution in [1.29, 1.82) is 0 Å². The van der Waals surface area contributed by atoms with Gasteiger partial charge in [0.1, 0.15) is 0 Å². The minimum Gasteiger partial charge on any atom is -0.353 e. The Morgan fingerprint density at radius 2 is 1.88 bits per heavy atom. The molecule has 3 rings (SSSR count). The molecule has 0 spiro atoms. The minimum atomic E-state index is -0.689. The van der Waals surface area contributed by atoms with Crippen LogP contribution in [0, 0.1) is 0 Å². The summed E-state index contributed by atoms with van der Waals surface area (Å²) < 4.78 is 5.96. The number of aromatic nitrogens is 1. The summed E-state index contributed by atoms with van der Waals surface area (Å²) in [6.45, 7) is 2.44. The average molecular weight is 356 g/mol. The quantitative estimate of drug-likeness (QED) is 0.759. The molecule has 0 saturated carbocycles. The van der Waals surface area contributed by atoms with E-state index in [0.717, 1.165) is 35.1 Å². The molecule has 1 aliphatic heterocycles. The van der Waals surface area contributed by atoms with Gasteiger partial charge >= 0.3 is 0 Å². The molecule has 2 heterocycles. The molecule has 1 fully saturated rings. The molecule has 2 aromatic rings. The van der Waals surface area contributed by atoms with E-state index >= 15 is 0 Å². The van der Waals surface area contributed by atoms with Gasteiger partial charge in [-0.25, -0.2) is 4.90 Å². The Hall–Kier alpha value is -2.18. The molecule has 2 amide bonds. The van der Waals surface area contributed by atoms with Crippen LogP contribution in [0.5, 0.6) is 0 Å². The summed E-state index contributed by atoms with van der Waals surface area (Å²) in [5.41, 5.74) is 2.78. The van der Waals surface area contributed by atoms with Crippen LogP contribution in [0.3, 0.4) is 0 Å². The van der Waals surface area contributed by atoms with Gasteiger partial charge in [0, 0.05) is 23.4 Å². The van der Waals surface area contributed by atoms with E-state index in [9.17, 15) is 9.59 Å². The molecule has 25 heavy (non-hydrogen) atoms. The van der Waals surface area contributed by atoms with Crippen molar-refractivity contribution in [3.05, 3.63) is 65.5 Å². The van der Waals surface area contributed by atoms with Gasteiger partial charge in [0.15, 0.2) is 6.23 Å². The average Bonchev–Trinajstić information content (AvgIpc) is 2.98. The monoisotopic (exact) mass is 356 g/mol. The Bertz CT molecular complexity index is 735. The van der Waals surface area contributed by atoms with Crippen LogP contribution in [0.15, 0.2) is 48.5 Å². The van der Waals surface area contributed by atoms with Crippen molar-refractivity contribution in [3.8, 4) is 0 Å². The van der Waals surface area contributed by atoms with Crippen molar-refractivity contribution in [3.63, 3.8) is 0 Å². The standard InChI is InChI=1S/C19H20N2O3S/c1-2-15-9-6-10-16(20-15)11-12-24-18(14-7-4-3-5-8-14)21-17(22)13-25-19(21)23/h3-10,18H,2,11-13H2,1H3. The number of hydrogen-bond donors (Lipinski definition) is 0. The van der Waals surface area contributed by atoms with Gasteiger partial charge in [-0.15, -0.1) is 0 Å². The predicted octanol–water partition coefficient (Wildman–Crippen LogP) is 3.60. The number of aryl methyl sites for hydroxylation is 1. The van der Waals surface area contributed by atoms with Gasteiger partial charge in [0.25, 0.3) is 5.24 Å². The molecule has 1 saturated heterocycles. The van der Waals surface area contributed by atoms with Crippen molar-refractivity contribution in [2.75, 3.05) is 12.4 Å². The number of rotatable bonds is 7. The Labute approximate surface area is 151 Å². The lowest BCUT2D eigenvalue weighted by molar-refractivity contribution is -0.135. The highest BCUT2D eigenvalue weighted by Crippen LogP contribution is 2.31. The highest BCUT2D eigenvalue weighted by atomic mass is 32.2. The molecule has 1 aromatic carbocycles. The van der Waals surface area contributed by atoms with E-state index in [2.05, 4.69) is 11.9 Å². The smallest absolute Gasteiger partial charge is 0.291 e. The largest absolute Gasteiger partial charge is 0.353 e. The number of pyridine rings is 1. The van der Waals surface area contributed by atoms with Crippen LogP contribution in [0.1, 0.15) is 30.1 Å². The number of thioether (sulfide) groups is 1. The first kappa shape index (κ1) is 17.6. The summed E-state index contributed by atoms with van der Waals surface area (Å²) in [4.78, 5) is 30.0. The zero-order chi connectivity index (χ0) is 17.6. The third-order valence-corrected chi connectivity index (χ3v) is 4.80. The lowest BCUT2D eigenvalue weighted by Crippen LogP contribution is -2.35. The number of nitrogens with zero attached hydrogens (tertiary/aromatic N) is 2. The zero-order valence-corrected chi connectivity index (χ0v) is 14.9. The highest BCUT2D eigenvalue weighted by molar-refractivity contribution is 8.14. The molecule has 6 heteroatoms. The topological polar surface area (TPSA) is 59.5 Å². The number of amides is 2. The van der Waals surface area contributed by atoms with E-state index in [1.165, 1.54) is 4.90 Å². The number of carbonyl (C=O) groups is 2. The highest BCUT2D eigenvalue weighted by Gasteiger charge is 2.37. The van der Waals surface area contributed by atoms with Gasteiger partial charge in [-0.1, -0.05) is 55.1 Å². The Kier molecular flexibility index (Phi) is 5.83. The van der Waals surface area contributed by atoms with E-state index in [-0.39, 0.29) is 16.9 Å². The Morgan fingerprint density at radius 1 is 1.12 bits per heavy atom. The summed E-state index contributed by atoms with van der Waals surface area (Å²) in [5.74, 6) is -0.0408. The second kappa shape index (κ2) is 8.27. The molecule has 0 bridgehead atoms. The molecule has 5 nitrogen and oxygen atoms in total. The van der Waals surface area contributed by atoms with Gasteiger partial charge in [0.2, 0.25) is 5.91 Å². The lowest BCUT2D eigenvalue weighted by atomic mass is 10.2. The first-order valence-corrected chi connectivity index (χ1v) is 9.27. The third-order valence-electron chi connectivity index (χ3n) is 3.96.